The molecule has 0 aromatic carbocycles. The standard InChI is InChI=1S/C23H34N4O3/c1-25-11-15-8-9-27(21(24)26-2)12-22(15)14-7-6-13-4-3-5-16-19(28)18(20(29)30)17(10-14)23(13,16)22/h8-9,13-16,19,25,28H,3-7,10-12H2,1-2H3,(H2,24,26)(H,29,30)/t13-,14-,15+,16-,19-,22-,23-/m1/s1. The molecule has 7 nitrogen and oxygen atoms in total. The van der Waals surface area contributed by atoms with Crippen molar-refractivity contribution in [2.24, 2.45) is 45.2 Å². The van der Waals surface area contributed by atoms with E-state index >= 15 is 0 Å². The van der Waals surface area contributed by atoms with E-state index < -0.39 is 12.1 Å². The summed E-state index contributed by atoms with van der Waals surface area (Å²) in [6.07, 6.45) is 9.63. The summed E-state index contributed by atoms with van der Waals surface area (Å²) in [6.45, 7) is 1.59. The van der Waals surface area contributed by atoms with Gasteiger partial charge in [-0.25, -0.2) is 4.79 Å². The van der Waals surface area contributed by atoms with E-state index in [9.17, 15) is 15.0 Å². The largest absolute Gasteiger partial charge is 0.478 e. The number of carboxylic acid groups (broad SMARTS) is 1. The van der Waals surface area contributed by atoms with Gasteiger partial charge in [-0.3, -0.25) is 4.99 Å². The fourth-order valence-electron chi connectivity index (χ4n) is 8.72. The van der Waals surface area contributed by atoms with E-state index in [0.29, 0.717) is 23.4 Å². The number of nitrogens with two attached hydrogens (primary N) is 1. The van der Waals surface area contributed by atoms with Gasteiger partial charge in [-0.05, 0) is 68.4 Å². The lowest BCUT2D eigenvalue weighted by molar-refractivity contribution is -0.150. The van der Waals surface area contributed by atoms with Crippen LogP contribution in [0.25, 0.3) is 0 Å². The average molecular weight is 415 g/mol. The van der Waals surface area contributed by atoms with Crippen molar-refractivity contribution in [1.29, 1.82) is 0 Å². The Morgan fingerprint density at radius 2 is 2.10 bits per heavy atom. The van der Waals surface area contributed by atoms with Gasteiger partial charge in [-0.1, -0.05) is 12.5 Å². The van der Waals surface area contributed by atoms with Crippen LogP contribution < -0.4 is 11.1 Å². The van der Waals surface area contributed by atoms with E-state index in [2.05, 4.69) is 27.5 Å². The summed E-state index contributed by atoms with van der Waals surface area (Å²) in [5.74, 6) is 0.684. The van der Waals surface area contributed by atoms with Gasteiger partial charge in [0.2, 0.25) is 0 Å². The maximum absolute atomic E-state index is 12.3. The number of nitrogens with one attached hydrogen (secondary N) is 1. The van der Waals surface area contributed by atoms with E-state index in [1.807, 2.05) is 7.05 Å². The van der Waals surface area contributed by atoms with Crippen LogP contribution in [0.4, 0.5) is 0 Å². The van der Waals surface area contributed by atoms with Gasteiger partial charge < -0.3 is 26.2 Å². The first-order valence-corrected chi connectivity index (χ1v) is 11.4. The Morgan fingerprint density at radius 3 is 2.80 bits per heavy atom. The second kappa shape index (κ2) is 6.82. The number of aliphatic hydroxyl groups excluding tert-OH is 1. The molecular weight excluding hydrogens is 380 g/mol. The Morgan fingerprint density at radius 1 is 1.33 bits per heavy atom. The van der Waals surface area contributed by atoms with E-state index in [1.54, 1.807) is 7.05 Å². The van der Waals surface area contributed by atoms with Crippen LogP contribution in [0.15, 0.2) is 28.4 Å². The molecule has 5 rings (SSSR count). The van der Waals surface area contributed by atoms with Crippen molar-refractivity contribution in [2.45, 2.75) is 44.6 Å². The van der Waals surface area contributed by atoms with Crippen LogP contribution in [0.2, 0.25) is 0 Å². The average Bonchev–Trinajstić information content (AvgIpc) is 3.04. The number of hydrogen-bond donors (Lipinski definition) is 4. The quantitative estimate of drug-likeness (QED) is 0.412. The summed E-state index contributed by atoms with van der Waals surface area (Å²) in [5, 5.41) is 24.8. The molecule has 0 aromatic rings. The number of carbonyl (C=O) groups is 1. The molecule has 5 N–H and O–H groups in total. The first-order chi connectivity index (χ1) is 14.4. The molecule has 0 radical (unpaired) electrons. The Kier molecular flexibility index (Phi) is 4.56. The number of hydrogen-bond acceptors (Lipinski definition) is 4. The molecule has 0 amide bonds. The number of nitrogens with zero attached hydrogens (tertiary/aromatic N) is 2. The Balaban J connectivity index is 1.77. The zero-order valence-electron chi connectivity index (χ0n) is 18.0. The smallest absolute Gasteiger partial charge is 0.334 e. The van der Waals surface area contributed by atoms with Crippen molar-refractivity contribution >= 4 is 11.9 Å². The zero-order chi connectivity index (χ0) is 21.3. The molecule has 5 aliphatic rings. The lowest BCUT2D eigenvalue weighted by Crippen LogP contribution is -2.65. The highest BCUT2D eigenvalue weighted by Crippen LogP contribution is 2.79. The van der Waals surface area contributed by atoms with Crippen LogP contribution in [0, 0.1) is 34.5 Å². The maximum Gasteiger partial charge on any atom is 0.334 e. The third-order valence-corrected chi connectivity index (χ3v) is 9.38. The molecular formula is C23H34N4O3. The van der Waals surface area contributed by atoms with Crippen LogP contribution in [0.5, 0.6) is 0 Å². The molecule has 1 aliphatic heterocycles. The number of guanidine groups is 1. The van der Waals surface area contributed by atoms with Gasteiger partial charge in [-0.15, -0.1) is 0 Å². The molecule has 2 bridgehead atoms. The molecule has 1 heterocycles. The van der Waals surface area contributed by atoms with Crippen molar-refractivity contribution < 1.29 is 15.0 Å². The van der Waals surface area contributed by atoms with Gasteiger partial charge in [0, 0.05) is 37.2 Å². The van der Waals surface area contributed by atoms with Crippen LogP contribution >= 0.6 is 0 Å². The summed E-state index contributed by atoms with van der Waals surface area (Å²) in [7, 11) is 3.70. The molecule has 3 saturated carbocycles. The highest BCUT2D eigenvalue weighted by Gasteiger charge is 2.76. The van der Waals surface area contributed by atoms with E-state index in [0.717, 1.165) is 57.2 Å². The third-order valence-electron chi connectivity index (χ3n) is 9.38. The SMILES string of the molecule is CN=C(N)N1C=C[C@@H](CNC)[C@@]2(C1)[C@@H]1CC[C@H]3CCC[C@@H]4[C@@H](O)C(C(=O)O)=C(C1)[C@@]342. The van der Waals surface area contributed by atoms with Crippen molar-refractivity contribution in [3.63, 3.8) is 0 Å². The third kappa shape index (κ3) is 2.18. The molecule has 0 saturated heterocycles. The van der Waals surface area contributed by atoms with Crippen molar-refractivity contribution in [2.75, 3.05) is 27.2 Å². The molecule has 7 heteroatoms. The van der Waals surface area contributed by atoms with Gasteiger partial charge in [0.15, 0.2) is 5.96 Å². The number of allylic oxidation sites excluding steroid dienone is 1. The number of rotatable bonds is 3. The van der Waals surface area contributed by atoms with E-state index in [4.69, 9.17) is 5.73 Å². The predicted octanol–water partition coefficient (Wildman–Crippen LogP) is 1.55. The summed E-state index contributed by atoms with van der Waals surface area (Å²) in [5.41, 5.74) is 7.28. The van der Waals surface area contributed by atoms with Gasteiger partial charge in [0.05, 0.1) is 11.7 Å². The minimum absolute atomic E-state index is 0.00449. The van der Waals surface area contributed by atoms with Crippen molar-refractivity contribution in [3.8, 4) is 0 Å². The van der Waals surface area contributed by atoms with Gasteiger partial charge in [0.1, 0.15) is 0 Å². The van der Waals surface area contributed by atoms with Gasteiger partial charge >= 0.3 is 5.97 Å². The van der Waals surface area contributed by atoms with E-state index in [-0.39, 0.29) is 22.7 Å². The van der Waals surface area contributed by atoms with Crippen LogP contribution in [0.3, 0.4) is 0 Å². The minimum atomic E-state index is -0.925. The number of aliphatic imine (C=N–C) groups is 1. The van der Waals surface area contributed by atoms with Gasteiger partial charge in [0.25, 0.3) is 0 Å². The summed E-state index contributed by atoms with van der Waals surface area (Å²) < 4.78 is 0. The molecule has 30 heavy (non-hydrogen) atoms. The Bertz CT molecular complexity index is 851. The lowest BCUT2D eigenvalue weighted by Gasteiger charge is -2.64. The Labute approximate surface area is 178 Å². The molecule has 4 aliphatic carbocycles. The second-order valence-electron chi connectivity index (χ2n) is 9.98. The highest BCUT2D eigenvalue weighted by atomic mass is 16.4. The van der Waals surface area contributed by atoms with Crippen molar-refractivity contribution in [1.82, 2.24) is 10.2 Å². The first-order valence-electron chi connectivity index (χ1n) is 11.4. The molecule has 0 aromatic heterocycles. The predicted molar refractivity (Wildman–Crippen MR) is 115 cm³/mol. The first kappa shape index (κ1) is 20.1. The Hall–Kier alpha value is -1.86. The minimum Gasteiger partial charge on any atom is -0.478 e. The number of carboxylic acids is 1. The fraction of sp³-hybridized carbons (Fsp3) is 0.739. The molecule has 0 unspecified atom stereocenters. The molecule has 164 valence electrons. The topological polar surface area (TPSA) is 111 Å². The maximum atomic E-state index is 12.3. The summed E-state index contributed by atoms with van der Waals surface area (Å²) in [6, 6.07) is 0. The van der Waals surface area contributed by atoms with Crippen molar-refractivity contribution in [3.05, 3.63) is 23.4 Å². The lowest BCUT2D eigenvalue weighted by atomic mass is 9.41. The number of aliphatic hydroxyl groups is 1. The highest BCUT2D eigenvalue weighted by molar-refractivity contribution is 5.91. The normalized spacial score (nSPS) is 44.7. The van der Waals surface area contributed by atoms with E-state index in [1.165, 1.54) is 0 Å². The monoisotopic (exact) mass is 414 g/mol. The fourth-order valence-corrected chi connectivity index (χ4v) is 8.72. The van der Waals surface area contributed by atoms with Crippen LogP contribution in [0.1, 0.15) is 38.5 Å². The van der Waals surface area contributed by atoms with Gasteiger partial charge in [-0.2, -0.15) is 0 Å². The molecule has 2 spiro atoms. The molecule has 3 fully saturated rings. The summed E-state index contributed by atoms with van der Waals surface area (Å²) in [4.78, 5) is 18.6. The second-order valence-corrected chi connectivity index (χ2v) is 9.98. The van der Waals surface area contributed by atoms with Crippen LogP contribution in [-0.4, -0.2) is 60.3 Å². The van der Waals surface area contributed by atoms with Crippen LogP contribution in [-0.2, 0) is 4.79 Å². The summed E-state index contributed by atoms with van der Waals surface area (Å²) >= 11 is 0. The number of aliphatic carboxylic acids is 1. The molecule has 7 atom stereocenters. The zero-order valence-corrected chi connectivity index (χ0v) is 18.0.